The molecule has 1 aliphatic rings. The van der Waals surface area contributed by atoms with Crippen LogP contribution >= 0.6 is 0 Å². The summed E-state index contributed by atoms with van der Waals surface area (Å²) in [6.45, 7) is 2.52. The van der Waals surface area contributed by atoms with Gasteiger partial charge in [-0.25, -0.2) is 4.79 Å². The van der Waals surface area contributed by atoms with Crippen LogP contribution in [0.4, 0.5) is 4.79 Å². The summed E-state index contributed by atoms with van der Waals surface area (Å²) in [6, 6.07) is 10.3. The third-order valence-electron chi connectivity index (χ3n) is 3.76. The van der Waals surface area contributed by atoms with Crippen LogP contribution in [0.2, 0.25) is 0 Å². The molecule has 0 spiro atoms. The van der Waals surface area contributed by atoms with E-state index in [1.165, 1.54) is 12.0 Å². The first-order chi connectivity index (χ1) is 9.24. The van der Waals surface area contributed by atoms with E-state index >= 15 is 0 Å². The van der Waals surface area contributed by atoms with Crippen molar-refractivity contribution in [3.05, 3.63) is 35.9 Å². The average molecular weight is 261 g/mol. The Kier molecular flexibility index (Phi) is 4.83. The number of nitrogens with one attached hydrogen (secondary N) is 1. The third-order valence-corrected chi connectivity index (χ3v) is 3.76. The maximum Gasteiger partial charge on any atom is 0.407 e. The summed E-state index contributed by atoms with van der Waals surface area (Å²) in [6.07, 6.45) is 6.02. The van der Waals surface area contributed by atoms with Gasteiger partial charge in [-0.05, 0) is 38.2 Å². The largest absolute Gasteiger partial charge is 0.443 e. The fourth-order valence-electron chi connectivity index (χ4n) is 2.86. The van der Waals surface area contributed by atoms with Gasteiger partial charge >= 0.3 is 6.09 Å². The molecule has 1 saturated carbocycles. The Bertz CT molecular complexity index is 396. The molecular formula is C16H23NO2. The second-order valence-electron chi connectivity index (χ2n) is 5.33. The van der Waals surface area contributed by atoms with Crippen molar-refractivity contribution in [1.82, 2.24) is 5.32 Å². The number of carbonyl (C=O) groups is 1. The normalized spacial score (nSPS) is 17.7. The fraction of sp³-hybridized carbons (Fsp3) is 0.562. The maximum absolute atomic E-state index is 11.8. The van der Waals surface area contributed by atoms with Gasteiger partial charge in [-0.15, -0.1) is 0 Å². The van der Waals surface area contributed by atoms with E-state index in [9.17, 15) is 4.79 Å². The molecule has 1 amide bonds. The van der Waals surface area contributed by atoms with Gasteiger partial charge in [-0.3, -0.25) is 0 Å². The highest BCUT2D eigenvalue weighted by Gasteiger charge is 2.36. The highest BCUT2D eigenvalue weighted by Crippen LogP contribution is 2.34. The lowest BCUT2D eigenvalue weighted by Gasteiger charge is -2.36. The summed E-state index contributed by atoms with van der Waals surface area (Å²) in [5.74, 6) is 0. The zero-order chi connectivity index (χ0) is 13.6. The molecule has 1 aromatic carbocycles. The molecule has 0 atom stereocenters. The van der Waals surface area contributed by atoms with Gasteiger partial charge in [0.2, 0.25) is 0 Å². The number of ether oxygens (including phenoxy) is 1. The quantitative estimate of drug-likeness (QED) is 0.898. The standard InChI is InChI=1S/C16H23NO2/c1-2-17-15(18)19-16(11-7-4-8-12-16)13-14-9-5-3-6-10-14/h3,5-6,9-10H,2,4,7-8,11-13H2,1H3,(H,17,18). The van der Waals surface area contributed by atoms with E-state index in [4.69, 9.17) is 4.74 Å². The van der Waals surface area contributed by atoms with Gasteiger partial charge in [-0.1, -0.05) is 36.8 Å². The summed E-state index contributed by atoms with van der Waals surface area (Å²) in [7, 11) is 0. The number of carbonyl (C=O) groups excluding carboxylic acids is 1. The molecular weight excluding hydrogens is 238 g/mol. The fourth-order valence-corrected chi connectivity index (χ4v) is 2.86. The second kappa shape index (κ2) is 6.60. The molecule has 2 rings (SSSR count). The number of hydrogen-bond donors (Lipinski definition) is 1. The van der Waals surface area contributed by atoms with E-state index in [0.29, 0.717) is 6.54 Å². The molecule has 0 aromatic heterocycles. The molecule has 1 aliphatic carbocycles. The van der Waals surface area contributed by atoms with Crippen molar-refractivity contribution in [2.24, 2.45) is 0 Å². The predicted octanol–water partition coefficient (Wildman–Crippen LogP) is 3.68. The topological polar surface area (TPSA) is 38.3 Å². The molecule has 0 bridgehead atoms. The Labute approximate surface area is 115 Å². The third kappa shape index (κ3) is 3.98. The molecule has 0 saturated heterocycles. The Morgan fingerprint density at radius 2 is 1.89 bits per heavy atom. The van der Waals surface area contributed by atoms with Crippen molar-refractivity contribution in [2.45, 2.75) is 51.0 Å². The zero-order valence-electron chi connectivity index (χ0n) is 11.7. The SMILES string of the molecule is CCNC(=O)OC1(Cc2ccccc2)CCCCC1. The molecule has 3 heteroatoms. The number of alkyl carbamates (subject to hydrolysis) is 1. The summed E-state index contributed by atoms with van der Waals surface area (Å²) in [5, 5.41) is 2.74. The second-order valence-corrected chi connectivity index (χ2v) is 5.33. The van der Waals surface area contributed by atoms with Crippen molar-refractivity contribution >= 4 is 6.09 Å². The molecule has 3 nitrogen and oxygen atoms in total. The summed E-state index contributed by atoms with van der Waals surface area (Å²) in [5.41, 5.74) is 0.937. The van der Waals surface area contributed by atoms with Gasteiger partial charge in [0.15, 0.2) is 0 Å². The molecule has 104 valence electrons. The molecule has 1 fully saturated rings. The van der Waals surface area contributed by atoms with Crippen LogP contribution in [0.1, 0.15) is 44.6 Å². The predicted molar refractivity (Wildman–Crippen MR) is 76.1 cm³/mol. The summed E-state index contributed by atoms with van der Waals surface area (Å²) in [4.78, 5) is 11.8. The Balaban J connectivity index is 2.08. The highest BCUT2D eigenvalue weighted by molar-refractivity contribution is 5.67. The van der Waals surface area contributed by atoms with E-state index in [1.54, 1.807) is 0 Å². The molecule has 0 radical (unpaired) electrons. The van der Waals surface area contributed by atoms with Crippen molar-refractivity contribution in [3.63, 3.8) is 0 Å². The number of benzene rings is 1. The lowest BCUT2D eigenvalue weighted by molar-refractivity contribution is -0.0161. The zero-order valence-corrected chi connectivity index (χ0v) is 11.7. The highest BCUT2D eigenvalue weighted by atomic mass is 16.6. The summed E-state index contributed by atoms with van der Waals surface area (Å²) >= 11 is 0. The minimum absolute atomic E-state index is 0.277. The molecule has 0 unspecified atom stereocenters. The van der Waals surface area contributed by atoms with E-state index in [-0.39, 0.29) is 11.7 Å². The van der Waals surface area contributed by atoms with Gasteiger partial charge in [0.25, 0.3) is 0 Å². The van der Waals surface area contributed by atoms with Crippen LogP contribution in [-0.4, -0.2) is 18.2 Å². The lowest BCUT2D eigenvalue weighted by Crippen LogP contribution is -2.42. The average Bonchev–Trinajstić information content (AvgIpc) is 2.40. The molecule has 0 aliphatic heterocycles. The van der Waals surface area contributed by atoms with Crippen LogP contribution in [-0.2, 0) is 11.2 Å². The number of amides is 1. The molecule has 0 heterocycles. The molecule has 1 aromatic rings. The summed E-state index contributed by atoms with van der Waals surface area (Å²) < 4.78 is 5.77. The molecule has 1 N–H and O–H groups in total. The smallest absolute Gasteiger partial charge is 0.407 e. The van der Waals surface area contributed by atoms with Gasteiger partial charge in [0.05, 0.1) is 0 Å². The Morgan fingerprint density at radius 3 is 2.53 bits per heavy atom. The van der Waals surface area contributed by atoms with Crippen LogP contribution in [0, 0.1) is 0 Å². The number of hydrogen-bond acceptors (Lipinski definition) is 2. The van der Waals surface area contributed by atoms with Crippen LogP contribution in [0.5, 0.6) is 0 Å². The molecule has 19 heavy (non-hydrogen) atoms. The van der Waals surface area contributed by atoms with Crippen LogP contribution in [0.25, 0.3) is 0 Å². The monoisotopic (exact) mass is 261 g/mol. The first-order valence-electron chi connectivity index (χ1n) is 7.25. The van der Waals surface area contributed by atoms with Crippen LogP contribution in [0.3, 0.4) is 0 Å². The number of rotatable bonds is 4. The minimum atomic E-state index is -0.307. The van der Waals surface area contributed by atoms with Gasteiger partial charge in [0.1, 0.15) is 5.60 Å². The van der Waals surface area contributed by atoms with Crippen LogP contribution in [0.15, 0.2) is 30.3 Å². The first-order valence-corrected chi connectivity index (χ1v) is 7.25. The lowest BCUT2D eigenvalue weighted by atomic mass is 9.80. The Morgan fingerprint density at radius 1 is 1.21 bits per heavy atom. The first kappa shape index (κ1) is 13.9. The van der Waals surface area contributed by atoms with E-state index in [0.717, 1.165) is 32.1 Å². The maximum atomic E-state index is 11.8. The van der Waals surface area contributed by atoms with Crippen molar-refractivity contribution in [2.75, 3.05) is 6.54 Å². The van der Waals surface area contributed by atoms with Crippen molar-refractivity contribution < 1.29 is 9.53 Å². The Hall–Kier alpha value is -1.51. The van der Waals surface area contributed by atoms with Crippen molar-refractivity contribution in [1.29, 1.82) is 0 Å². The van der Waals surface area contributed by atoms with Crippen molar-refractivity contribution in [3.8, 4) is 0 Å². The van der Waals surface area contributed by atoms with E-state index in [1.807, 2.05) is 25.1 Å². The van der Waals surface area contributed by atoms with Crippen LogP contribution < -0.4 is 5.32 Å². The van der Waals surface area contributed by atoms with Gasteiger partial charge < -0.3 is 10.1 Å². The van der Waals surface area contributed by atoms with E-state index in [2.05, 4.69) is 17.4 Å². The van der Waals surface area contributed by atoms with Gasteiger partial charge in [-0.2, -0.15) is 0 Å². The van der Waals surface area contributed by atoms with Gasteiger partial charge in [0, 0.05) is 13.0 Å². The minimum Gasteiger partial charge on any atom is -0.443 e. The van der Waals surface area contributed by atoms with E-state index < -0.39 is 0 Å².